The van der Waals surface area contributed by atoms with Gasteiger partial charge in [-0.15, -0.1) is 0 Å². The van der Waals surface area contributed by atoms with E-state index < -0.39 is 0 Å². The van der Waals surface area contributed by atoms with Crippen molar-refractivity contribution in [2.45, 2.75) is 32.7 Å². The van der Waals surface area contributed by atoms with Crippen LogP contribution in [0.15, 0.2) is 11.6 Å². The second kappa shape index (κ2) is 2.34. The minimum Gasteiger partial charge on any atom is -0.325 e. The van der Waals surface area contributed by atoms with Crippen molar-refractivity contribution in [1.29, 1.82) is 0 Å². The van der Waals surface area contributed by atoms with E-state index in [-0.39, 0.29) is 6.04 Å². The van der Waals surface area contributed by atoms with Gasteiger partial charge in [0, 0.05) is 6.04 Å². The van der Waals surface area contributed by atoms with E-state index in [1.54, 1.807) is 5.57 Å². The average molecular weight is 151 g/mol. The summed E-state index contributed by atoms with van der Waals surface area (Å²) in [7, 11) is 0. The van der Waals surface area contributed by atoms with Crippen LogP contribution < -0.4 is 5.73 Å². The van der Waals surface area contributed by atoms with Crippen LogP contribution in [0.3, 0.4) is 0 Å². The molecule has 62 valence electrons. The largest absolute Gasteiger partial charge is 0.325 e. The quantitative estimate of drug-likeness (QED) is 0.600. The van der Waals surface area contributed by atoms with Gasteiger partial charge >= 0.3 is 0 Å². The van der Waals surface area contributed by atoms with E-state index in [4.69, 9.17) is 5.73 Å². The Kier molecular flexibility index (Phi) is 1.57. The SMILES string of the molecule is CC1CC1C1C/C1=C\[C@H](C)N. The van der Waals surface area contributed by atoms with Crippen molar-refractivity contribution in [3.8, 4) is 0 Å². The second-order valence-electron chi connectivity index (χ2n) is 4.29. The van der Waals surface area contributed by atoms with Crippen molar-refractivity contribution < 1.29 is 0 Å². The average Bonchev–Trinajstić information content (AvgIpc) is 2.68. The summed E-state index contributed by atoms with van der Waals surface area (Å²) in [6, 6.07) is 0.268. The van der Waals surface area contributed by atoms with Gasteiger partial charge in [-0.2, -0.15) is 0 Å². The molecule has 2 rings (SSSR count). The Labute approximate surface area is 68.7 Å². The van der Waals surface area contributed by atoms with Crippen molar-refractivity contribution in [2.75, 3.05) is 0 Å². The van der Waals surface area contributed by atoms with Crippen LogP contribution in [0.2, 0.25) is 0 Å². The molecule has 0 aromatic rings. The van der Waals surface area contributed by atoms with Crippen molar-refractivity contribution in [1.82, 2.24) is 0 Å². The number of nitrogens with two attached hydrogens (primary N) is 1. The van der Waals surface area contributed by atoms with Crippen molar-refractivity contribution in [3.05, 3.63) is 11.6 Å². The Hall–Kier alpha value is -0.300. The maximum atomic E-state index is 5.67. The van der Waals surface area contributed by atoms with Gasteiger partial charge in [0.1, 0.15) is 0 Å². The first kappa shape index (κ1) is 7.35. The molecule has 2 aliphatic rings. The molecule has 0 spiro atoms. The zero-order chi connectivity index (χ0) is 8.01. The van der Waals surface area contributed by atoms with Crippen molar-refractivity contribution in [2.24, 2.45) is 23.5 Å². The molecule has 0 amide bonds. The van der Waals surface area contributed by atoms with Crippen LogP contribution in [0.25, 0.3) is 0 Å². The molecule has 3 unspecified atom stereocenters. The lowest BCUT2D eigenvalue weighted by atomic mass is 10.2. The Morgan fingerprint density at radius 1 is 1.64 bits per heavy atom. The smallest absolute Gasteiger partial charge is 0.0197 e. The fourth-order valence-corrected chi connectivity index (χ4v) is 2.06. The molecule has 1 nitrogen and oxygen atoms in total. The van der Waals surface area contributed by atoms with Gasteiger partial charge in [0.15, 0.2) is 0 Å². The number of hydrogen-bond donors (Lipinski definition) is 1. The molecule has 11 heavy (non-hydrogen) atoms. The molecular formula is C10H17N. The lowest BCUT2D eigenvalue weighted by Gasteiger charge is -1.92. The zero-order valence-corrected chi connectivity index (χ0v) is 7.38. The van der Waals surface area contributed by atoms with Crippen LogP contribution in [-0.2, 0) is 0 Å². The van der Waals surface area contributed by atoms with Gasteiger partial charge < -0.3 is 5.73 Å². The Bertz CT molecular complexity index is 193. The molecule has 0 aliphatic heterocycles. The molecule has 0 radical (unpaired) electrons. The van der Waals surface area contributed by atoms with Crippen LogP contribution in [0.1, 0.15) is 26.7 Å². The molecule has 0 aromatic heterocycles. The van der Waals surface area contributed by atoms with E-state index in [1.807, 2.05) is 0 Å². The van der Waals surface area contributed by atoms with E-state index >= 15 is 0 Å². The number of rotatable bonds is 2. The fraction of sp³-hybridized carbons (Fsp3) is 0.800. The van der Waals surface area contributed by atoms with Crippen LogP contribution in [-0.4, -0.2) is 6.04 Å². The first-order chi connectivity index (χ1) is 5.18. The van der Waals surface area contributed by atoms with Gasteiger partial charge in [-0.05, 0) is 37.5 Å². The third-order valence-corrected chi connectivity index (χ3v) is 2.94. The predicted octanol–water partition coefficient (Wildman–Crippen LogP) is 1.94. The van der Waals surface area contributed by atoms with Crippen molar-refractivity contribution >= 4 is 0 Å². The Balaban J connectivity index is 1.86. The van der Waals surface area contributed by atoms with E-state index in [9.17, 15) is 0 Å². The van der Waals surface area contributed by atoms with Crippen LogP contribution in [0, 0.1) is 17.8 Å². The minimum atomic E-state index is 0.268. The molecule has 1 heteroatoms. The normalized spacial score (nSPS) is 47.5. The lowest BCUT2D eigenvalue weighted by Crippen LogP contribution is -2.10. The van der Waals surface area contributed by atoms with Crippen molar-refractivity contribution in [3.63, 3.8) is 0 Å². The van der Waals surface area contributed by atoms with Gasteiger partial charge in [0.2, 0.25) is 0 Å². The molecule has 0 bridgehead atoms. The minimum absolute atomic E-state index is 0.268. The summed E-state index contributed by atoms with van der Waals surface area (Å²) >= 11 is 0. The number of hydrogen-bond acceptors (Lipinski definition) is 1. The maximum absolute atomic E-state index is 5.67. The summed E-state index contributed by atoms with van der Waals surface area (Å²) < 4.78 is 0. The van der Waals surface area contributed by atoms with E-state index in [1.165, 1.54) is 12.8 Å². The number of allylic oxidation sites excluding steroid dienone is 1. The highest BCUT2D eigenvalue weighted by Crippen LogP contribution is 2.57. The Morgan fingerprint density at radius 2 is 2.27 bits per heavy atom. The van der Waals surface area contributed by atoms with Gasteiger partial charge in [-0.3, -0.25) is 0 Å². The second-order valence-corrected chi connectivity index (χ2v) is 4.29. The summed E-state index contributed by atoms with van der Waals surface area (Å²) in [5.74, 6) is 2.97. The highest BCUT2D eigenvalue weighted by Gasteiger charge is 2.47. The molecule has 2 N–H and O–H groups in total. The van der Waals surface area contributed by atoms with Gasteiger partial charge in [0.05, 0.1) is 0 Å². The van der Waals surface area contributed by atoms with Gasteiger partial charge in [-0.25, -0.2) is 0 Å². The highest BCUT2D eigenvalue weighted by molar-refractivity contribution is 5.28. The van der Waals surface area contributed by atoms with E-state index in [2.05, 4.69) is 19.9 Å². The molecular weight excluding hydrogens is 134 g/mol. The van der Waals surface area contributed by atoms with Gasteiger partial charge in [0.25, 0.3) is 0 Å². The topological polar surface area (TPSA) is 26.0 Å². The molecule has 0 saturated heterocycles. The molecule has 0 aromatic carbocycles. The summed E-state index contributed by atoms with van der Waals surface area (Å²) in [6.45, 7) is 4.41. The molecule has 2 saturated carbocycles. The molecule has 4 atom stereocenters. The molecule has 2 aliphatic carbocycles. The van der Waals surface area contributed by atoms with Crippen LogP contribution >= 0.6 is 0 Å². The Morgan fingerprint density at radius 3 is 2.73 bits per heavy atom. The maximum Gasteiger partial charge on any atom is 0.0197 e. The third-order valence-electron chi connectivity index (χ3n) is 2.94. The third kappa shape index (κ3) is 1.48. The van der Waals surface area contributed by atoms with E-state index in [0.29, 0.717) is 0 Å². The van der Waals surface area contributed by atoms with Gasteiger partial charge in [-0.1, -0.05) is 18.6 Å². The van der Waals surface area contributed by atoms with Crippen LogP contribution in [0.5, 0.6) is 0 Å². The zero-order valence-electron chi connectivity index (χ0n) is 7.38. The summed E-state index contributed by atoms with van der Waals surface area (Å²) in [5.41, 5.74) is 7.31. The summed E-state index contributed by atoms with van der Waals surface area (Å²) in [6.07, 6.45) is 5.05. The van der Waals surface area contributed by atoms with Crippen LogP contribution in [0.4, 0.5) is 0 Å². The molecule has 2 fully saturated rings. The first-order valence-electron chi connectivity index (χ1n) is 4.64. The predicted molar refractivity (Wildman–Crippen MR) is 47.1 cm³/mol. The standard InChI is InChI=1S/C10H17N/c1-6-3-9(6)10-5-8(10)4-7(2)11/h4,6-7,9-10H,3,5,11H2,1-2H3/b8-4+/t6?,7-,9?,10?/m0/s1. The highest BCUT2D eigenvalue weighted by atomic mass is 14.6. The van der Waals surface area contributed by atoms with E-state index in [0.717, 1.165) is 17.8 Å². The first-order valence-corrected chi connectivity index (χ1v) is 4.64. The fourth-order valence-electron chi connectivity index (χ4n) is 2.06. The molecule has 0 heterocycles. The summed E-state index contributed by atoms with van der Waals surface area (Å²) in [4.78, 5) is 0. The lowest BCUT2D eigenvalue weighted by molar-refractivity contribution is 0.676. The summed E-state index contributed by atoms with van der Waals surface area (Å²) in [5, 5.41) is 0. The monoisotopic (exact) mass is 151 g/mol.